The number of thioether (sulfide) groups is 1. The van der Waals surface area contributed by atoms with E-state index in [2.05, 4.69) is 34.4 Å². The van der Waals surface area contributed by atoms with Gasteiger partial charge in [-0.3, -0.25) is 14.4 Å². The van der Waals surface area contributed by atoms with Crippen LogP contribution in [-0.4, -0.2) is 46.1 Å². The summed E-state index contributed by atoms with van der Waals surface area (Å²) in [6.45, 7) is 5.96. The van der Waals surface area contributed by atoms with Crippen LogP contribution >= 0.6 is 11.8 Å². The van der Waals surface area contributed by atoms with Gasteiger partial charge in [0, 0.05) is 30.8 Å². The number of hydrogen-bond acceptors (Lipinski definition) is 5. The van der Waals surface area contributed by atoms with Crippen LogP contribution in [0, 0.1) is 5.92 Å². The maximum atomic E-state index is 13.0. The third-order valence-corrected chi connectivity index (χ3v) is 7.46. The Balaban J connectivity index is 1.34. The van der Waals surface area contributed by atoms with Gasteiger partial charge in [0.2, 0.25) is 5.91 Å². The van der Waals surface area contributed by atoms with Gasteiger partial charge in [-0.2, -0.15) is 4.99 Å². The maximum absolute atomic E-state index is 13.0. The summed E-state index contributed by atoms with van der Waals surface area (Å²) >= 11 is 1.38. The van der Waals surface area contributed by atoms with Gasteiger partial charge in [-0.15, -0.1) is 0 Å². The number of nitrogens with one attached hydrogen (secondary N) is 2. The van der Waals surface area contributed by atoms with E-state index >= 15 is 0 Å². The quantitative estimate of drug-likeness (QED) is 0.588. The molecule has 2 aliphatic heterocycles. The van der Waals surface area contributed by atoms with Crippen molar-refractivity contribution in [2.24, 2.45) is 10.9 Å². The molecule has 0 saturated carbocycles. The Labute approximate surface area is 210 Å². The van der Waals surface area contributed by atoms with Crippen molar-refractivity contribution in [2.45, 2.75) is 50.8 Å². The first-order chi connectivity index (χ1) is 16.9. The Morgan fingerprint density at radius 3 is 2.51 bits per heavy atom. The van der Waals surface area contributed by atoms with Crippen molar-refractivity contribution in [2.75, 3.05) is 18.4 Å². The number of anilines is 1. The van der Waals surface area contributed by atoms with Crippen LogP contribution in [0.15, 0.2) is 59.6 Å². The average Bonchev–Trinajstić information content (AvgIpc) is 3.23. The van der Waals surface area contributed by atoms with Crippen LogP contribution in [0.3, 0.4) is 0 Å². The summed E-state index contributed by atoms with van der Waals surface area (Å²) in [4.78, 5) is 44.4. The van der Waals surface area contributed by atoms with Gasteiger partial charge in [0.25, 0.3) is 11.8 Å². The molecule has 4 rings (SSSR count). The van der Waals surface area contributed by atoms with Gasteiger partial charge in [-0.25, -0.2) is 0 Å². The second kappa shape index (κ2) is 11.5. The van der Waals surface area contributed by atoms with Gasteiger partial charge in [-0.1, -0.05) is 62.0 Å². The molecule has 2 aromatic rings. The van der Waals surface area contributed by atoms with Crippen LogP contribution in [0.1, 0.15) is 61.5 Å². The lowest BCUT2D eigenvalue weighted by Gasteiger charge is -2.27. The Kier molecular flexibility index (Phi) is 8.23. The molecule has 2 unspecified atom stereocenters. The van der Waals surface area contributed by atoms with E-state index in [0.717, 1.165) is 36.7 Å². The number of carbonyl (C=O) groups is 3. The van der Waals surface area contributed by atoms with Crippen LogP contribution < -0.4 is 10.6 Å². The fourth-order valence-electron chi connectivity index (χ4n) is 4.37. The van der Waals surface area contributed by atoms with E-state index in [1.807, 2.05) is 30.3 Å². The number of rotatable bonds is 7. The van der Waals surface area contributed by atoms with E-state index in [9.17, 15) is 14.4 Å². The summed E-state index contributed by atoms with van der Waals surface area (Å²) in [6, 6.07) is 16.6. The van der Waals surface area contributed by atoms with Crippen LogP contribution in [0.2, 0.25) is 0 Å². The van der Waals surface area contributed by atoms with Crippen LogP contribution in [0.5, 0.6) is 0 Å². The molecule has 1 fully saturated rings. The summed E-state index contributed by atoms with van der Waals surface area (Å²) in [7, 11) is 0. The largest absolute Gasteiger partial charge is 0.351 e. The van der Waals surface area contributed by atoms with Crippen LogP contribution in [0.25, 0.3) is 0 Å². The highest BCUT2D eigenvalue weighted by molar-refractivity contribution is 8.15. The first-order valence-electron chi connectivity index (χ1n) is 12.2. The zero-order chi connectivity index (χ0) is 24.8. The highest BCUT2D eigenvalue weighted by Crippen LogP contribution is 2.29. The van der Waals surface area contributed by atoms with Crippen LogP contribution in [-0.2, 0) is 9.59 Å². The Morgan fingerprint density at radius 2 is 1.80 bits per heavy atom. The first kappa shape index (κ1) is 25.0. The summed E-state index contributed by atoms with van der Waals surface area (Å²) in [5.74, 6) is -0.514. The normalized spacial score (nSPS) is 18.8. The molecular formula is C27H32N4O3S. The van der Waals surface area contributed by atoms with Gasteiger partial charge in [0.15, 0.2) is 5.17 Å². The lowest BCUT2D eigenvalue weighted by Crippen LogP contribution is -2.33. The van der Waals surface area contributed by atoms with Crippen LogP contribution in [0.4, 0.5) is 5.69 Å². The molecule has 184 valence electrons. The van der Waals surface area contributed by atoms with Crippen molar-refractivity contribution in [3.63, 3.8) is 0 Å². The highest BCUT2D eigenvalue weighted by atomic mass is 32.2. The van der Waals surface area contributed by atoms with E-state index in [1.54, 1.807) is 24.3 Å². The molecule has 0 aliphatic carbocycles. The number of amidine groups is 1. The Hall–Kier alpha value is -3.13. The minimum atomic E-state index is -0.504. The molecule has 8 heteroatoms. The van der Waals surface area contributed by atoms with Crippen molar-refractivity contribution in [3.05, 3.63) is 65.7 Å². The molecular weight excluding hydrogens is 460 g/mol. The van der Waals surface area contributed by atoms with E-state index in [1.165, 1.54) is 18.2 Å². The summed E-state index contributed by atoms with van der Waals surface area (Å²) < 4.78 is 0. The lowest BCUT2D eigenvalue weighted by molar-refractivity contribution is -0.121. The zero-order valence-corrected chi connectivity index (χ0v) is 21.0. The number of hydrogen-bond donors (Lipinski definition) is 2. The topological polar surface area (TPSA) is 90.9 Å². The monoisotopic (exact) mass is 492 g/mol. The zero-order valence-electron chi connectivity index (χ0n) is 20.2. The Morgan fingerprint density at radius 1 is 1.06 bits per heavy atom. The highest BCUT2D eigenvalue weighted by Gasteiger charge is 2.33. The number of amides is 3. The molecule has 35 heavy (non-hydrogen) atoms. The van der Waals surface area contributed by atoms with Gasteiger partial charge in [0.05, 0.1) is 6.04 Å². The molecule has 1 saturated heterocycles. The number of piperidine rings is 1. The van der Waals surface area contributed by atoms with E-state index in [0.29, 0.717) is 11.3 Å². The summed E-state index contributed by atoms with van der Waals surface area (Å²) in [5, 5.41) is 6.18. The smallest absolute Gasteiger partial charge is 0.262 e. The molecule has 2 aliphatic rings. The van der Waals surface area contributed by atoms with E-state index in [4.69, 9.17) is 0 Å². The fourth-order valence-corrected chi connectivity index (χ4v) is 5.49. The molecule has 2 aromatic carbocycles. The third-order valence-electron chi connectivity index (χ3n) is 6.25. The predicted molar refractivity (Wildman–Crippen MR) is 140 cm³/mol. The van der Waals surface area contributed by atoms with Gasteiger partial charge >= 0.3 is 0 Å². The first-order valence-corrected chi connectivity index (χ1v) is 13.1. The molecule has 0 bridgehead atoms. The lowest BCUT2D eigenvalue weighted by atomic mass is 9.95. The second-order valence-corrected chi connectivity index (χ2v) is 10.5. The predicted octanol–water partition coefficient (Wildman–Crippen LogP) is 4.63. The van der Waals surface area contributed by atoms with E-state index < -0.39 is 5.25 Å². The van der Waals surface area contributed by atoms with Crippen molar-refractivity contribution in [1.82, 2.24) is 10.2 Å². The molecule has 7 nitrogen and oxygen atoms in total. The van der Waals surface area contributed by atoms with Crippen molar-refractivity contribution in [3.8, 4) is 0 Å². The van der Waals surface area contributed by atoms with Gasteiger partial charge in [-0.05, 0) is 48.9 Å². The van der Waals surface area contributed by atoms with Crippen molar-refractivity contribution in [1.29, 1.82) is 0 Å². The van der Waals surface area contributed by atoms with Gasteiger partial charge < -0.3 is 15.5 Å². The number of nitrogens with zero attached hydrogens (tertiary/aromatic N) is 2. The molecule has 2 N–H and O–H groups in total. The number of aliphatic imine (C=N–C) groups is 1. The van der Waals surface area contributed by atoms with Crippen molar-refractivity contribution >= 4 is 40.3 Å². The Bertz CT molecular complexity index is 1100. The molecule has 0 spiro atoms. The molecule has 2 atom stereocenters. The summed E-state index contributed by atoms with van der Waals surface area (Å²) in [6.07, 6.45) is 3.46. The third kappa shape index (κ3) is 6.51. The van der Waals surface area contributed by atoms with Gasteiger partial charge in [0.1, 0.15) is 5.25 Å². The summed E-state index contributed by atoms with van der Waals surface area (Å²) in [5.41, 5.74) is 2.03. The minimum Gasteiger partial charge on any atom is -0.351 e. The number of likely N-dealkylation sites (tertiary alicyclic amines) is 1. The number of benzene rings is 2. The number of carbonyl (C=O) groups excluding carboxylic acids is 3. The fraction of sp³-hybridized carbons (Fsp3) is 0.407. The van der Waals surface area contributed by atoms with Crippen molar-refractivity contribution < 1.29 is 14.4 Å². The minimum absolute atomic E-state index is 0.0458. The second-order valence-electron chi connectivity index (χ2n) is 9.33. The van der Waals surface area contributed by atoms with E-state index in [-0.39, 0.29) is 36.1 Å². The standard InChI is InChI=1S/C27H32N4O3S/c1-18(2)24(19-10-5-3-6-11-19)29-25(33)20-12-9-13-21(16-20)28-23(32)17-22-26(34)30-27(35-22)31-14-7-4-8-15-31/h3,5-6,9-13,16,18,22,24H,4,7-8,14-15,17H2,1-2H3,(H,28,32)(H,29,33). The molecule has 0 aromatic heterocycles. The maximum Gasteiger partial charge on any atom is 0.262 e. The average molecular weight is 493 g/mol. The molecule has 0 radical (unpaired) electrons. The molecule has 3 amide bonds. The SMILES string of the molecule is CC(C)C(NC(=O)c1cccc(NC(=O)CC2SC(N3CCCCC3)=NC2=O)c1)c1ccccc1. The molecule has 2 heterocycles.